The Labute approximate surface area is 282 Å². The summed E-state index contributed by atoms with van der Waals surface area (Å²) in [5.74, 6) is 1.55. The highest BCUT2D eigenvalue weighted by Gasteiger charge is 2.38. The van der Waals surface area contributed by atoms with Crippen LogP contribution in [0, 0.1) is 0 Å². The topological polar surface area (TPSA) is 70.0 Å². The van der Waals surface area contributed by atoms with Gasteiger partial charge in [-0.15, -0.1) is 0 Å². The molecule has 0 radical (unpaired) electrons. The van der Waals surface area contributed by atoms with Crippen molar-refractivity contribution in [3.05, 3.63) is 185 Å². The minimum Gasteiger partial charge on any atom is -0.497 e. The van der Waals surface area contributed by atoms with Crippen molar-refractivity contribution in [2.24, 2.45) is 0 Å². The zero-order chi connectivity index (χ0) is 33.2. The Bertz CT molecular complexity index is 1840. The van der Waals surface area contributed by atoms with Gasteiger partial charge in [-0.1, -0.05) is 103 Å². The van der Waals surface area contributed by atoms with Crippen molar-refractivity contribution < 1.29 is 24.1 Å². The molecule has 0 saturated heterocycles. The number of rotatable bonds is 14. The SMILES string of the molecule is COc1ccc(C(OCc2ccc(-c3cccc(COCc4cccc(CO)c4)c3)nc2)(c2ccccc2)c2ccc(OC)cc2)cc1. The second kappa shape index (κ2) is 15.5. The van der Waals surface area contributed by atoms with E-state index in [1.807, 2.05) is 85.1 Å². The number of methoxy groups -OCH3 is 2. The quantitative estimate of drug-likeness (QED) is 0.121. The zero-order valence-electron chi connectivity index (χ0n) is 27.2. The average Bonchev–Trinajstić information content (AvgIpc) is 3.16. The van der Waals surface area contributed by atoms with E-state index in [-0.39, 0.29) is 6.61 Å². The van der Waals surface area contributed by atoms with E-state index >= 15 is 0 Å². The molecule has 0 unspecified atom stereocenters. The monoisotopic (exact) mass is 637 g/mol. The van der Waals surface area contributed by atoms with E-state index < -0.39 is 5.60 Å². The Morgan fingerprint density at radius 2 is 1.12 bits per heavy atom. The van der Waals surface area contributed by atoms with Crippen molar-refractivity contribution in [1.82, 2.24) is 4.98 Å². The van der Waals surface area contributed by atoms with Crippen molar-refractivity contribution in [3.63, 3.8) is 0 Å². The summed E-state index contributed by atoms with van der Waals surface area (Å²) in [5, 5.41) is 9.40. The lowest BCUT2D eigenvalue weighted by Gasteiger charge is -2.36. The van der Waals surface area contributed by atoms with E-state index in [0.717, 1.165) is 61.7 Å². The van der Waals surface area contributed by atoms with Gasteiger partial charge in [0.1, 0.15) is 17.1 Å². The van der Waals surface area contributed by atoms with Crippen LogP contribution in [-0.2, 0) is 41.5 Å². The molecule has 0 spiro atoms. The van der Waals surface area contributed by atoms with Crippen LogP contribution in [0.3, 0.4) is 0 Å². The first-order valence-corrected chi connectivity index (χ1v) is 15.9. The van der Waals surface area contributed by atoms with Crippen LogP contribution in [0.2, 0.25) is 0 Å². The van der Waals surface area contributed by atoms with Gasteiger partial charge < -0.3 is 24.1 Å². The lowest BCUT2D eigenvalue weighted by Crippen LogP contribution is -2.32. The summed E-state index contributed by atoms with van der Waals surface area (Å²) in [6.07, 6.45) is 1.88. The summed E-state index contributed by atoms with van der Waals surface area (Å²) in [6, 6.07) is 46.5. The first kappa shape index (κ1) is 32.7. The van der Waals surface area contributed by atoms with E-state index in [9.17, 15) is 5.11 Å². The van der Waals surface area contributed by atoms with Gasteiger partial charge >= 0.3 is 0 Å². The van der Waals surface area contributed by atoms with E-state index in [1.165, 1.54) is 0 Å². The second-order valence-electron chi connectivity index (χ2n) is 11.5. The van der Waals surface area contributed by atoms with Gasteiger partial charge in [0.05, 0.1) is 46.3 Å². The van der Waals surface area contributed by atoms with Crippen LogP contribution >= 0.6 is 0 Å². The van der Waals surface area contributed by atoms with Crippen LogP contribution in [0.15, 0.2) is 146 Å². The van der Waals surface area contributed by atoms with Crippen molar-refractivity contribution in [3.8, 4) is 22.8 Å². The summed E-state index contributed by atoms with van der Waals surface area (Å²) < 4.78 is 24.0. The molecular formula is C42H39NO5. The minimum absolute atomic E-state index is 0.0209. The molecule has 0 saturated carbocycles. The molecular weight excluding hydrogens is 598 g/mol. The number of hydrogen-bond acceptors (Lipinski definition) is 6. The molecule has 0 amide bonds. The minimum atomic E-state index is -0.910. The fraction of sp³-hybridized carbons (Fsp3) is 0.167. The standard InChI is InChI=1S/C42H39NO5/c1-45-39-19-15-37(16-20-39)42(36-12-4-3-5-13-36,38-17-21-40(46-2)22-18-38)48-30-34-14-23-41(43-26-34)35-11-7-10-33(25-35)29-47-28-32-9-6-8-31(24-32)27-44/h3-26,44H,27-30H2,1-2H3. The summed E-state index contributed by atoms with van der Waals surface area (Å²) in [6.45, 7) is 1.29. The smallest absolute Gasteiger partial charge is 0.144 e. The number of aromatic nitrogens is 1. The van der Waals surface area contributed by atoms with E-state index in [0.29, 0.717) is 19.8 Å². The first-order chi connectivity index (χ1) is 23.6. The molecule has 1 aromatic heterocycles. The number of hydrogen-bond donors (Lipinski definition) is 1. The highest BCUT2D eigenvalue weighted by atomic mass is 16.5. The fourth-order valence-corrected chi connectivity index (χ4v) is 5.87. The van der Waals surface area contributed by atoms with Gasteiger partial charge in [-0.05, 0) is 75.3 Å². The Morgan fingerprint density at radius 3 is 1.71 bits per heavy atom. The van der Waals surface area contributed by atoms with Gasteiger partial charge in [-0.25, -0.2) is 0 Å². The number of benzene rings is 5. The van der Waals surface area contributed by atoms with Crippen molar-refractivity contribution in [2.45, 2.75) is 32.0 Å². The van der Waals surface area contributed by atoms with Crippen LogP contribution < -0.4 is 9.47 Å². The maximum Gasteiger partial charge on any atom is 0.144 e. The largest absolute Gasteiger partial charge is 0.497 e. The first-order valence-electron chi connectivity index (χ1n) is 15.9. The highest BCUT2D eigenvalue weighted by molar-refractivity contribution is 5.60. The molecule has 0 atom stereocenters. The predicted octanol–water partition coefficient (Wildman–Crippen LogP) is 8.48. The number of pyridine rings is 1. The number of nitrogens with zero attached hydrogens (tertiary/aromatic N) is 1. The summed E-state index contributed by atoms with van der Waals surface area (Å²) >= 11 is 0. The molecule has 48 heavy (non-hydrogen) atoms. The van der Waals surface area contributed by atoms with Crippen LogP contribution in [0.4, 0.5) is 0 Å². The Balaban J connectivity index is 1.23. The molecule has 1 N–H and O–H groups in total. The molecule has 0 fully saturated rings. The maximum atomic E-state index is 9.40. The third-order valence-corrected chi connectivity index (χ3v) is 8.39. The van der Waals surface area contributed by atoms with E-state index in [2.05, 4.69) is 60.7 Å². The predicted molar refractivity (Wildman–Crippen MR) is 188 cm³/mol. The summed E-state index contributed by atoms with van der Waals surface area (Å²) in [5.41, 5.74) is 7.86. The number of ether oxygens (including phenoxy) is 4. The Morgan fingerprint density at radius 1 is 0.542 bits per heavy atom. The number of aliphatic hydroxyl groups excluding tert-OH is 1. The van der Waals surface area contributed by atoms with Crippen molar-refractivity contribution in [1.29, 1.82) is 0 Å². The molecule has 0 aliphatic rings. The van der Waals surface area contributed by atoms with Crippen molar-refractivity contribution in [2.75, 3.05) is 14.2 Å². The molecule has 6 rings (SSSR count). The van der Waals surface area contributed by atoms with E-state index in [4.69, 9.17) is 23.9 Å². The summed E-state index contributed by atoms with van der Waals surface area (Å²) in [7, 11) is 3.33. The van der Waals surface area contributed by atoms with Crippen LogP contribution in [0.25, 0.3) is 11.3 Å². The van der Waals surface area contributed by atoms with Gasteiger partial charge in [0.25, 0.3) is 0 Å². The molecule has 6 nitrogen and oxygen atoms in total. The molecule has 0 aliphatic heterocycles. The average molecular weight is 638 g/mol. The Hall–Kier alpha value is -5.27. The molecule has 0 aliphatic carbocycles. The van der Waals surface area contributed by atoms with Gasteiger partial charge in [0.2, 0.25) is 0 Å². The van der Waals surface area contributed by atoms with Crippen LogP contribution in [0.1, 0.15) is 38.9 Å². The second-order valence-corrected chi connectivity index (χ2v) is 11.5. The lowest BCUT2D eigenvalue weighted by atomic mass is 9.80. The maximum absolute atomic E-state index is 9.40. The molecule has 6 heteroatoms. The normalized spacial score (nSPS) is 11.3. The van der Waals surface area contributed by atoms with Crippen LogP contribution in [0.5, 0.6) is 11.5 Å². The fourth-order valence-electron chi connectivity index (χ4n) is 5.87. The third kappa shape index (κ3) is 7.48. The summed E-state index contributed by atoms with van der Waals surface area (Å²) in [4.78, 5) is 4.82. The van der Waals surface area contributed by atoms with Gasteiger partial charge in [-0.2, -0.15) is 0 Å². The van der Waals surface area contributed by atoms with E-state index in [1.54, 1.807) is 14.2 Å². The molecule has 242 valence electrons. The molecule has 6 aromatic rings. The van der Waals surface area contributed by atoms with Gasteiger partial charge in [0, 0.05) is 11.8 Å². The Kier molecular flexibility index (Phi) is 10.6. The molecule has 5 aromatic carbocycles. The number of aliphatic hydroxyl groups is 1. The van der Waals surface area contributed by atoms with Crippen LogP contribution in [-0.4, -0.2) is 24.3 Å². The lowest BCUT2D eigenvalue weighted by molar-refractivity contribution is 0.0000784. The molecule has 0 bridgehead atoms. The van der Waals surface area contributed by atoms with Gasteiger partial charge in [-0.3, -0.25) is 4.98 Å². The highest BCUT2D eigenvalue weighted by Crippen LogP contribution is 2.42. The van der Waals surface area contributed by atoms with Crippen molar-refractivity contribution >= 4 is 0 Å². The zero-order valence-corrected chi connectivity index (χ0v) is 27.2. The third-order valence-electron chi connectivity index (χ3n) is 8.39. The molecule has 1 heterocycles. The van der Waals surface area contributed by atoms with Gasteiger partial charge in [0.15, 0.2) is 0 Å².